The number of unbranched alkanes of at least 4 members (excludes halogenated alkanes) is 1. The maximum absolute atomic E-state index is 10.9. The molecule has 19 heavy (non-hydrogen) atoms. The lowest BCUT2D eigenvalue weighted by atomic mass is 10.2. The second-order valence-electron chi connectivity index (χ2n) is 4.14. The van der Waals surface area contributed by atoms with Gasteiger partial charge in [-0.2, -0.15) is 0 Å². The molecule has 0 saturated heterocycles. The summed E-state index contributed by atoms with van der Waals surface area (Å²) >= 11 is 5.82. The minimum Gasteiger partial charge on any atom is -0.381 e. The van der Waals surface area contributed by atoms with Crippen LogP contribution < -0.4 is 5.32 Å². The van der Waals surface area contributed by atoms with Crippen LogP contribution in [-0.4, -0.2) is 24.7 Å². The lowest BCUT2D eigenvalue weighted by molar-refractivity contribution is -0.383. The molecule has 0 aromatic heterocycles. The quantitative estimate of drug-likeness (QED) is 0.425. The highest BCUT2D eigenvalue weighted by molar-refractivity contribution is 6.33. The Morgan fingerprint density at radius 3 is 2.79 bits per heavy atom. The van der Waals surface area contributed by atoms with Gasteiger partial charge in [0.2, 0.25) is 0 Å². The summed E-state index contributed by atoms with van der Waals surface area (Å²) in [7, 11) is 0. The van der Waals surface area contributed by atoms with E-state index in [1.54, 1.807) is 12.1 Å². The van der Waals surface area contributed by atoms with Gasteiger partial charge in [0.25, 0.3) is 0 Å². The first-order valence-electron chi connectivity index (χ1n) is 6.41. The molecule has 0 atom stereocenters. The Balaban J connectivity index is 2.37. The average molecular weight is 287 g/mol. The minimum absolute atomic E-state index is 0.0731. The molecule has 106 valence electrons. The maximum atomic E-state index is 10.9. The predicted octanol–water partition coefficient (Wildman–Crippen LogP) is 3.87. The van der Waals surface area contributed by atoms with Crippen LogP contribution in [0, 0.1) is 10.1 Å². The Bertz CT molecular complexity index is 413. The number of hydrogen-bond donors (Lipinski definition) is 1. The molecular weight excluding hydrogens is 268 g/mol. The SMILES string of the molecule is CCCCOCCCNc1cccc(Cl)c1[N+](=O)[O-]. The number of anilines is 1. The lowest BCUT2D eigenvalue weighted by Crippen LogP contribution is -2.08. The first kappa shape index (κ1) is 15.7. The molecule has 1 aromatic carbocycles. The molecule has 5 nitrogen and oxygen atoms in total. The van der Waals surface area contributed by atoms with Crippen LogP contribution in [0.2, 0.25) is 5.02 Å². The van der Waals surface area contributed by atoms with Gasteiger partial charge >= 0.3 is 5.69 Å². The zero-order valence-corrected chi connectivity index (χ0v) is 11.8. The van der Waals surface area contributed by atoms with Gasteiger partial charge in [0.1, 0.15) is 10.7 Å². The number of nitrogens with one attached hydrogen (secondary N) is 1. The number of hydrogen-bond acceptors (Lipinski definition) is 4. The van der Waals surface area contributed by atoms with Crippen molar-refractivity contribution < 1.29 is 9.66 Å². The normalized spacial score (nSPS) is 10.4. The van der Waals surface area contributed by atoms with Crippen molar-refractivity contribution in [2.24, 2.45) is 0 Å². The van der Waals surface area contributed by atoms with Crippen molar-refractivity contribution in [1.29, 1.82) is 0 Å². The molecular formula is C13H19ClN2O3. The Labute approximate surface area is 118 Å². The van der Waals surface area contributed by atoms with Crippen molar-refractivity contribution in [3.63, 3.8) is 0 Å². The number of benzene rings is 1. The van der Waals surface area contributed by atoms with Crippen LogP contribution in [0.5, 0.6) is 0 Å². The third-order valence-electron chi connectivity index (χ3n) is 2.59. The van der Waals surface area contributed by atoms with Crippen molar-refractivity contribution >= 4 is 23.0 Å². The van der Waals surface area contributed by atoms with Crippen molar-refractivity contribution in [3.05, 3.63) is 33.3 Å². The average Bonchev–Trinajstić information content (AvgIpc) is 2.37. The fourth-order valence-electron chi connectivity index (χ4n) is 1.59. The van der Waals surface area contributed by atoms with Gasteiger partial charge in [-0.05, 0) is 25.0 Å². The highest BCUT2D eigenvalue weighted by Crippen LogP contribution is 2.32. The van der Waals surface area contributed by atoms with E-state index in [0.717, 1.165) is 25.9 Å². The van der Waals surface area contributed by atoms with E-state index in [2.05, 4.69) is 12.2 Å². The van der Waals surface area contributed by atoms with Gasteiger partial charge in [-0.15, -0.1) is 0 Å². The van der Waals surface area contributed by atoms with E-state index in [1.165, 1.54) is 6.07 Å². The van der Waals surface area contributed by atoms with Gasteiger partial charge in [0.15, 0.2) is 0 Å². The molecule has 0 fully saturated rings. The second-order valence-corrected chi connectivity index (χ2v) is 4.55. The molecule has 0 heterocycles. The summed E-state index contributed by atoms with van der Waals surface area (Å²) in [5.41, 5.74) is 0.377. The number of halogens is 1. The number of nitro groups is 1. The van der Waals surface area contributed by atoms with Crippen LogP contribution in [0.25, 0.3) is 0 Å². The van der Waals surface area contributed by atoms with E-state index in [1.807, 2.05) is 0 Å². The summed E-state index contributed by atoms with van der Waals surface area (Å²) in [6.07, 6.45) is 2.98. The summed E-state index contributed by atoms with van der Waals surface area (Å²) in [4.78, 5) is 10.4. The van der Waals surface area contributed by atoms with Gasteiger partial charge in [-0.1, -0.05) is 31.0 Å². The van der Waals surface area contributed by atoms with E-state index >= 15 is 0 Å². The van der Waals surface area contributed by atoms with Gasteiger partial charge < -0.3 is 10.1 Å². The minimum atomic E-state index is -0.470. The number of para-hydroxylation sites is 1. The molecule has 1 aromatic rings. The van der Waals surface area contributed by atoms with Crippen molar-refractivity contribution in [2.45, 2.75) is 26.2 Å². The van der Waals surface area contributed by atoms with Gasteiger partial charge in [-0.25, -0.2) is 0 Å². The molecule has 6 heteroatoms. The van der Waals surface area contributed by atoms with E-state index in [4.69, 9.17) is 16.3 Å². The van der Waals surface area contributed by atoms with Crippen LogP contribution in [0.4, 0.5) is 11.4 Å². The van der Waals surface area contributed by atoms with Gasteiger partial charge in [0.05, 0.1) is 4.92 Å². The lowest BCUT2D eigenvalue weighted by Gasteiger charge is -2.08. The molecule has 0 amide bonds. The van der Waals surface area contributed by atoms with Crippen LogP contribution in [0.15, 0.2) is 18.2 Å². The van der Waals surface area contributed by atoms with Crippen molar-refractivity contribution in [2.75, 3.05) is 25.1 Å². The molecule has 0 aliphatic rings. The highest BCUT2D eigenvalue weighted by atomic mass is 35.5. The van der Waals surface area contributed by atoms with Crippen LogP contribution in [0.1, 0.15) is 26.2 Å². The summed E-state index contributed by atoms with van der Waals surface area (Å²) in [5.74, 6) is 0. The fraction of sp³-hybridized carbons (Fsp3) is 0.538. The molecule has 0 unspecified atom stereocenters. The zero-order valence-electron chi connectivity index (χ0n) is 11.0. The number of ether oxygens (including phenoxy) is 1. The molecule has 0 bridgehead atoms. The largest absolute Gasteiger partial charge is 0.381 e. The van der Waals surface area contributed by atoms with E-state index in [-0.39, 0.29) is 10.7 Å². The first-order valence-corrected chi connectivity index (χ1v) is 6.79. The molecule has 1 N–H and O–H groups in total. The third-order valence-corrected chi connectivity index (χ3v) is 2.90. The highest BCUT2D eigenvalue weighted by Gasteiger charge is 2.17. The maximum Gasteiger partial charge on any atom is 0.310 e. The Morgan fingerprint density at radius 1 is 1.37 bits per heavy atom. The second kappa shape index (κ2) is 8.72. The van der Waals surface area contributed by atoms with Crippen molar-refractivity contribution in [3.8, 4) is 0 Å². The molecule has 1 rings (SSSR count). The summed E-state index contributed by atoms with van der Waals surface area (Å²) < 4.78 is 5.41. The Morgan fingerprint density at radius 2 is 2.11 bits per heavy atom. The van der Waals surface area contributed by atoms with E-state index in [9.17, 15) is 10.1 Å². The molecule has 0 aliphatic carbocycles. The van der Waals surface area contributed by atoms with Gasteiger partial charge in [-0.3, -0.25) is 10.1 Å². The Kier molecular flexibility index (Phi) is 7.22. The van der Waals surface area contributed by atoms with E-state index in [0.29, 0.717) is 18.8 Å². The number of nitro benzene ring substituents is 1. The van der Waals surface area contributed by atoms with Crippen LogP contribution in [0.3, 0.4) is 0 Å². The molecule has 0 radical (unpaired) electrons. The molecule has 0 aliphatic heterocycles. The van der Waals surface area contributed by atoms with Crippen molar-refractivity contribution in [1.82, 2.24) is 0 Å². The smallest absolute Gasteiger partial charge is 0.310 e. The first-order chi connectivity index (χ1) is 9.16. The summed E-state index contributed by atoms with van der Waals surface area (Å²) in [5, 5.41) is 14.1. The number of nitrogens with zero attached hydrogens (tertiary/aromatic N) is 1. The monoisotopic (exact) mass is 286 g/mol. The van der Waals surface area contributed by atoms with Crippen LogP contribution >= 0.6 is 11.6 Å². The predicted molar refractivity (Wildman–Crippen MR) is 76.9 cm³/mol. The molecule has 0 spiro atoms. The standard InChI is InChI=1S/C13H19ClN2O3/c1-2-3-9-19-10-5-8-15-12-7-4-6-11(14)13(12)16(17)18/h4,6-7,15H,2-3,5,8-10H2,1H3. The van der Waals surface area contributed by atoms with Crippen LogP contribution in [-0.2, 0) is 4.74 Å². The number of rotatable bonds is 9. The Hall–Kier alpha value is -1.33. The fourth-order valence-corrected chi connectivity index (χ4v) is 1.83. The summed E-state index contributed by atoms with van der Waals surface area (Å²) in [6.45, 7) is 4.16. The zero-order chi connectivity index (χ0) is 14.1. The molecule has 0 saturated carbocycles. The summed E-state index contributed by atoms with van der Waals surface area (Å²) in [6, 6.07) is 4.86. The third kappa shape index (κ3) is 5.44. The van der Waals surface area contributed by atoms with Gasteiger partial charge in [0, 0.05) is 19.8 Å². The topological polar surface area (TPSA) is 64.4 Å². The van der Waals surface area contributed by atoms with E-state index < -0.39 is 4.92 Å².